The third-order valence-corrected chi connectivity index (χ3v) is 8.20. The van der Waals surface area contributed by atoms with Gasteiger partial charge in [0.05, 0.1) is 30.8 Å². The molecule has 2 N–H and O–H groups in total. The first-order valence-corrected chi connectivity index (χ1v) is 13.5. The van der Waals surface area contributed by atoms with E-state index in [1.54, 1.807) is 0 Å². The van der Waals surface area contributed by atoms with E-state index in [1.807, 2.05) is 44.3 Å². The smallest absolute Gasteiger partial charge is 0.357 e. The molecule has 4 rings (SSSR count). The van der Waals surface area contributed by atoms with Gasteiger partial charge < -0.3 is 14.4 Å². The number of aliphatic imine (C=N–C) groups is 2. The average molecular weight is 471 g/mol. The van der Waals surface area contributed by atoms with Gasteiger partial charge in [-0.1, -0.05) is 32.1 Å². The number of benzene rings is 1. The number of nitrogens with one attached hydrogen (secondary N) is 2. The summed E-state index contributed by atoms with van der Waals surface area (Å²) in [5.74, 6) is 0.435. The Morgan fingerprint density at radius 1 is 1.18 bits per heavy atom. The lowest BCUT2D eigenvalue weighted by Crippen LogP contribution is -2.24. The Balaban J connectivity index is 1.55. The molecule has 0 saturated carbocycles. The van der Waals surface area contributed by atoms with Gasteiger partial charge in [0.15, 0.2) is 0 Å². The molecule has 3 aliphatic heterocycles. The maximum Gasteiger partial charge on any atom is 0.361 e. The molecule has 8 heteroatoms. The highest BCUT2D eigenvalue weighted by Crippen LogP contribution is 2.46. The van der Waals surface area contributed by atoms with E-state index in [-0.39, 0.29) is 6.17 Å². The summed E-state index contributed by atoms with van der Waals surface area (Å²) in [6, 6.07) is 7.99. The molecule has 0 aromatic heterocycles. The zero-order valence-corrected chi connectivity index (χ0v) is 20.9. The summed E-state index contributed by atoms with van der Waals surface area (Å²) < 4.78 is 23.9. The molecule has 0 amide bonds. The molecule has 0 bridgehead atoms. The second kappa shape index (κ2) is 10.5. The van der Waals surface area contributed by atoms with Crippen LogP contribution in [0.15, 0.2) is 57.3 Å². The molecular weight excluding hydrogens is 435 g/mol. The molecule has 1 fully saturated rings. The average Bonchev–Trinajstić information content (AvgIpc) is 3.54. The Morgan fingerprint density at radius 3 is 2.58 bits per heavy atom. The number of rotatable bonds is 8. The van der Waals surface area contributed by atoms with Gasteiger partial charge in [-0.2, -0.15) is 0 Å². The van der Waals surface area contributed by atoms with Gasteiger partial charge >= 0.3 is 7.60 Å². The highest BCUT2D eigenvalue weighted by molar-refractivity contribution is 7.62. The summed E-state index contributed by atoms with van der Waals surface area (Å²) in [5, 5.41) is 7.65. The Labute approximate surface area is 197 Å². The van der Waals surface area contributed by atoms with Gasteiger partial charge in [0.2, 0.25) is 0 Å². The van der Waals surface area contributed by atoms with E-state index in [9.17, 15) is 4.57 Å². The number of fused-ring (bicyclic) bond motifs is 1. The molecule has 0 radical (unpaired) electrons. The van der Waals surface area contributed by atoms with E-state index >= 15 is 0 Å². The van der Waals surface area contributed by atoms with Crippen molar-refractivity contribution in [2.45, 2.75) is 65.7 Å². The summed E-state index contributed by atoms with van der Waals surface area (Å²) >= 11 is 0. The highest BCUT2D eigenvalue weighted by atomic mass is 31.2. The van der Waals surface area contributed by atoms with Crippen LogP contribution in [0.4, 0.5) is 0 Å². The van der Waals surface area contributed by atoms with Crippen LogP contribution in [0.1, 0.15) is 52.5 Å². The zero-order chi connectivity index (χ0) is 23.4. The van der Waals surface area contributed by atoms with E-state index in [1.165, 1.54) is 11.3 Å². The van der Waals surface area contributed by atoms with Gasteiger partial charge in [0, 0.05) is 23.7 Å². The summed E-state index contributed by atoms with van der Waals surface area (Å²) in [5.41, 5.74) is 5.78. The van der Waals surface area contributed by atoms with Crippen molar-refractivity contribution < 1.29 is 13.6 Å². The molecule has 2 atom stereocenters. The van der Waals surface area contributed by atoms with Crippen molar-refractivity contribution >= 4 is 24.8 Å². The summed E-state index contributed by atoms with van der Waals surface area (Å²) in [7, 11) is -3.27. The van der Waals surface area contributed by atoms with Crippen LogP contribution in [0, 0.1) is 5.92 Å². The summed E-state index contributed by atoms with van der Waals surface area (Å²) in [6.07, 6.45) is 7.29. The topological polar surface area (TPSA) is 94.2 Å². The van der Waals surface area contributed by atoms with E-state index in [4.69, 9.17) is 14.0 Å². The largest absolute Gasteiger partial charge is 0.361 e. The third kappa shape index (κ3) is 5.72. The maximum absolute atomic E-state index is 13.0. The first kappa shape index (κ1) is 24.1. The molecule has 0 spiro atoms. The van der Waals surface area contributed by atoms with Crippen LogP contribution in [0.2, 0.25) is 0 Å². The Kier molecular flexibility index (Phi) is 7.65. The van der Waals surface area contributed by atoms with Crippen LogP contribution in [0.25, 0.3) is 0 Å². The molecule has 1 aromatic rings. The molecule has 178 valence electrons. The fourth-order valence-electron chi connectivity index (χ4n) is 4.20. The van der Waals surface area contributed by atoms with Crippen LogP contribution in [-0.4, -0.2) is 37.3 Å². The normalized spacial score (nSPS) is 25.5. The van der Waals surface area contributed by atoms with Crippen molar-refractivity contribution in [2.75, 3.05) is 13.2 Å². The van der Waals surface area contributed by atoms with Gasteiger partial charge in [0.1, 0.15) is 6.17 Å². The minimum Gasteiger partial charge on any atom is -0.357 e. The predicted molar refractivity (Wildman–Crippen MR) is 134 cm³/mol. The van der Waals surface area contributed by atoms with Crippen molar-refractivity contribution in [3.05, 3.63) is 52.9 Å². The first-order chi connectivity index (χ1) is 15.9. The Bertz CT molecular complexity index is 1020. The minimum atomic E-state index is -3.27. The Morgan fingerprint density at radius 2 is 1.91 bits per heavy atom. The molecule has 7 nitrogen and oxygen atoms in total. The van der Waals surface area contributed by atoms with Crippen molar-refractivity contribution in [1.82, 2.24) is 10.6 Å². The quantitative estimate of drug-likeness (QED) is 0.432. The molecular formula is C25H35N4O3P. The maximum atomic E-state index is 13.0. The number of hydrogen-bond donors (Lipinski definition) is 2. The first-order valence-electron chi connectivity index (χ1n) is 11.9. The standard InChI is InChI=1S/C25H35N4O3P/c1-5-31-33(30,32-6-2)19-12-10-18(11-13-19)15-26-22-9-7-8-21(17(3)4)28-24-16-27-25-23(29-25)14-20(22)24/h8,10-13,16-17,23,25,28-29H,5-7,9,14-15H2,1-4H3/b21-8-,26-22?. The van der Waals surface area contributed by atoms with Crippen LogP contribution in [0.3, 0.4) is 0 Å². The number of allylic oxidation sites excluding steroid dienone is 3. The fourth-order valence-corrected chi connectivity index (χ4v) is 5.76. The van der Waals surface area contributed by atoms with Gasteiger partial charge in [-0.25, -0.2) is 0 Å². The fraction of sp³-hybridized carbons (Fsp3) is 0.520. The molecule has 0 aliphatic carbocycles. The lowest BCUT2D eigenvalue weighted by atomic mass is 9.95. The number of hydrogen-bond acceptors (Lipinski definition) is 7. The minimum absolute atomic E-state index is 0.228. The molecule has 3 aliphatic rings. The monoisotopic (exact) mass is 470 g/mol. The zero-order valence-electron chi connectivity index (χ0n) is 20.0. The van der Waals surface area contributed by atoms with Crippen LogP contribution < -0.4 is 15.9 Å². The molecule has 1 saturated heterocycles. The van der Waals surface area contributed by atoms with E-state index in [0.29, 0.717) is 37.0 Å². The van der Waals surface area contributed by atoms with Crippen molar-refractivity contribution in [3.63, 3.8) is 0 Å². The number of nitrogens with zero attached hydrogens (tertiary/aromatic N) is 2. The van der Waals surface area contributed by atoms with Crippen molar-refractivity contribution in [1.29, 1.82) is 0 Å². The van der Waals surface area contributed by atoms with Crippen LogP contribution in [-0.2, 0) is 20.2 Å². The third-order valence-electron chi connectivity index (χ3n) is 6.07. The summed E-state index contributed by atoms with van der Waals surface area (Å²) in [6.45, 7) is 9.31. The lowest BCUT2D eigenvalue weighted by molar-refractivity contribution is 0.230. The van der Waals surface area contributed by atoms with Crippen molar-refractivity contribution in [2.24, 2.45) is 15.9 Å². The van der Waals surface area contributed by atoms with Crippen LogP contribution >= 0.6 is 7.60 Å². The van der Waals surface area contributed by atoms with E-state index < -0.39 is 7.60 Å². The molecule has 2 unspecified atom stereocenters. The van der Waals surface area contributed by atoms with Crippen molar-refractivity contribution in [3.8, 4) is 0 Å². The summed E-state index contributed by atoms with van der Waals surface area (Å²) in [4.78, 5) is 9.71. The van der Waals surface area contributed by atoms with E-state index in [2.05, 4.69) is 35.5 Å². The predicted octanol–water partition coefficient (Wildman–Crippen LogP) is 4.47. The van der Waals surface area contributed by atoms with E-state index in [0.717, 1.165) is 36.2 Å². The molecule has 33 heavy (non-hydrogen) atoms. The second-order valence-electron chi connectivity index (χ2n) is 8.83. The van der Waals surface area contributed by atoms with Gasteiger partial charge in [-0.3, -0.25) is 19.9 Å². The lowest BCUT2D eigenvalue weighted by Gasteiger charge is -2.22. The molecule has 1 aromatic carbocycles. The second-order valence-corrected chi connectivity index (χ2v) is 10.9. The Hall–Kier alpha value is -2.05. The van der Waals surface area contributed by atoms with Crippen LogP contribution in [0.5, 0.6) is 0 Å². The van der Waals surface area contributed by atoms with Gasteiger partial charge in [-0.05, 0) is 62.3 Å². The highest BCUT2D eigenvalue weighted by Gasteiger charge is 2.39. The molecule has 3 heterocycles. The van der Waals surface area contributed by atoms with Gasteiger partial charge in [-0.15, -0.1) is 0 Å². The van der Waals surface area contributed by atoms with Gasteiger partial charge in [0.25, 0.3) is 0 Å². The SMILES string of the molecule is CCOP(=O)(OCC)c1ccc(CN=C2CC/C=C(/C(C)C)NC3=C2CC2NC2N=C3)cc1.